The fourth-order valence-electron chi connectivity index (χ4n) is 8.25. The zero-order chi connectivity index (χ0) is 29.3. The van der Waals surface area contributed by atoms with Crippen LogP contribution in [0.1, 0.15) is 60.6 Å². The van der Waals surface area contributed by atoms with Crippen LogP contribution in [0.3, 0.4) is 0 Å². The monoisotopic (exact) mass is 553 g/mol. The van der Waals surface area contributed by atoms with Crippen molar-refractivity contribution in [3.05, 3.63) is 184 Å². The van der Waals surface area contributed by atoms with Gasteiger partial charge in [0, 0.05) is 23.2 Å². The summed E-state index contributed by atoms with van der Waals surface area (Å²) in [6.45, 7) is 10.8. The van der Waals surface area contributed by atoms with Crippen LogP contribution in [0.2, 0.25) is 0 Å². The molecule has 0 aromatic heterocycles. The third-order valence-electron chi connectivity index (χ3n) is 10.0. The van der Waals surface area contributed by atoms with E-state index in [0.717, 1.165) is 12.1 Å². The molecule has 0 saturated heterocycles. The van der Waals surface area contributed by atoms with E-state index in [4.69, 9.17) is 0 Å². The third kappa shape index (κ3) is 3.40. The van der Waals surface area contributed by atoms with Crippen molar-refractivity contribution in [2.24, 2.45) is 0 Å². The highest BCUT2D eigenvalue weighted by Gasteiger charge is 2.53. The summed E-state index contributed by atoms with van der Waals surface area (Å²) in [5.74, 6) is 0. The first-order chi connectivity index (χ1) is 21.0. The summed E-state index contributed by atoms with van der Waals surface area (Å²) in [6.07, 6.45) is 14.3. The number of anilines is 1. The molecule has 0 heterocycles. The van der Waals surface area contributed by atoms with Crippen LogP contribution in [0.25, 0.3) is 22.3 Å². The molecular weight excluding hydrogens is 518 g/mol. The number of allylic oxidation sites excluding steroid dienone is 10. The van der Waals surface area contributed by atoms with Gasteiger partial charge in [0.15, 0.2) is 0 Å². The first-order valence-electron chi connectivity index (χ1n) is 15.3. The molecule has 1 N–H and O–H groups in total. The molecule has 8 rings (SSSR count). The van der Waals surface area contributed by atoms with Gasteiger partial charge in [-0.15, -0.1) is 0 Å². The molecule has 0 radical (unpaired) electrons. The highest BCUT2D eigenvalue weighted by Crippen LogP contribution is 2.64. The van der Waals surface area contributed by atoms with E-state index in [9.17, 15) is 0 Å². The summed E-state index contributed by atoms with van der Waals surface area (Å²) in [7, 11) is 0. The van der Waals surface area contributed by atoms with E-state index in [1.54, 1.807) is 0 Å². The maximum absolute atomic E-state index is 4.15. The molecule has 0 bridgehead atoms. The van der Waals surface area contributed by atoms with Gasteiger partial charge in [0.25, 0.3) is 0 Å². The standard InChI is InChI=1S/C42H35N/c1-5-13-29-34-24-21-28(26-40(34)41(3,4)35(29)6-2)43-27-20-23-33-32-16-9-12-19-38(32)42(39(33)25-22-27)36-17-10-7-14-30(36)31-15-8-11-18-37(31)42/h5-21,23-26,43H,2,22H2,1,3-4H3/b13-5-. The van der Waals surface area contributed by atoms with Crippen LogP contribution in [0, 0.1) is 0 Å². The molecule has 1 spiro atoms. The van der Waals surface area contributed by atoms with Gasteiger partial charge in [-0.05, 0) is 91.9 Å². The minimum atomic E-state index is -0.299. The summed E-state index contributed by atoms with van der Waals surface area (Å²) in [6, 6.07) is 33.8. The van der Waals surface area contributed by atoms with Crippen LogP contribution >= 0.6 is 0 Å². The molecule has 0 saturated carbocycles. The Kier molecular flexibility index (Phi) is 5.59. The number of hydrogen-bond acceptors (Lipinski definition) is 1. The minimum absolute atomic E-state index is 0.0955. The second kappa shape index (κ2) is 9.31. The Morgan fingerprint density at radius 3 is 2.00 bits per heavy atom. The van der Waals surface area contributed by atoms with Gasteiger partial charge < -0.3 is 5.32 Å². The Morgan fingerprint density at radius 2 is 1.35 bits per heavy atom. The van der Waals surface area contributed by atoms with Crippen LogP contribution in [0.5, 0.6) is 0 Å². The average molecular weight is 554 g/mol. The zero-order valence-corrected chi connectivity index (χ0v) is 25.0. The van der Waals surface area contributed by atoms with Gasteiger partial charge >= 0.3 is 0 Å². The number of hydrogen-bond donors (Lipinski definition) is 1. The van der Waals surface area contributed by atoms with Gasteiger partial charge in [-0.1, -0.05) is 130 Å². The van der Waals surface area contributed by atoms with Crippen molar-refractivity contribution < 1.29 is 0 Å². The Morgan fingerprint density at radius 1 is 0.721 bits per heavy atom. The smallest absolute Gasteiger partial charge is 0.0722 e. The largest absolute Gasteiger partial charge is 0.359 e. The third-order valence-corrected chi connectivity index (χ3v) is 10.0. The number of benzene rings is 4. The molecular formula is C42H35N. The second-order valence-electron chi connectivity index (χ2n) is 12.5. The molecule has 0 atom stereocenters. The lowest BCUT2D eigenvalue weighted by Gasteiger charge is -2.31. The van der Waals surface area contributed by atoms with Crippen LogP contribution < -0.4 is 5.32 Å². The highest BCUT2D eigenvalue weighted by atomic mass is 14.9. The molecule has 0 aliphatic heterocycles. The molecule has 1 nitrogen and oxygen atoms in total. The van der Waals surface area contributed by atoms with Gasteiger partial charge in [0.2, 0.25) is 0 Å². The number of rotatable bonds is 4. The first-order valence-corrected chi connectivity index (χ1v) is 15.3. The summed E-state index contributed by atoms with van der Waals surface area (Å²) in [5.41, 5.74) is 18.0. The molecule has 208 valence electrons. The van der Waals surface area contributed by atoms with Crippen LogP contribution in [-0.4, -0.2) is 0 Å². The fraction of sp³-hybridized carbons (Fsp3) is 0.143. The molecule has 4 aromatic rings. The van der Waals surface area contributed by atoms with E-state index in [2.05, 4.69) is 154 Å². The topological polar surface area (TPSA) is 12.0 Å². The highest BCUT2D eigenvalue weighted by molar-refractivity contribution is 6.00. The van der Waals surface area contributed by atoms with Gasteiger partial charge in [0.1, 0.15) is 0 Å². The van der Waals surface area contributed by atoms with E-state index in [1.165, 1.54) is 72.5 Å². The van der Waals surface area contributed by atoms with Gasteiger partial charge in [0.05, 0.1) is 5.41 Å². The van der Waals surface area contributed by atoms with E-state index >= 15 is 0 Å². The molecule has 43 heavy (non-hydrogen) atoms. The zero-order valence-electron chi connectivity index (χ0n) is 25.0. The Bertz CT molecular complexity index is 1970. The molecule has 4 aromatic carbocycles. The summed E-state index contributed by atoms with van der Waals surface area (Å²) < 4.78 is 0. The Hall–Kier alpha value is -4.88. The molecule has 0 unspecified atom stereocenters. The lowest BCUT2D eigenvalue weighted by molar-refractivity contribution is 0.655. The van der Waals surface area contributed by atoms with Crippen molar-refractivity contribution in [3.63, 3.8) is 0 Å². The predicted molar refractivity (Wildman–Crippen MR) is 182 cm³/mol. The number of fused-ring (bicyclic) bond motifs is 11. The molecule has 4 aliphatic rings. The lowest BCUT2D eigenvalue weighted by Crippen LogP contribution is -2.26. The summed E-state index contributed by atoms with van der Waals surface area (Å²) in [4.78, 5) is 0. The van der Waals surface area contributed by atoms with E-state index in [-0.39, 0.29) is 10.8 Å². The second-order valence-corrected chi connectivity index (χ2v) is 12.5. The average Bonchev–Trinajstić information content (AvgIpc) is 3.48. The van der Waals surface area contributed by atoms with E-state index in [0.29, 0.717) is 0 Å². The number of nitrogens with one attached hydrogen (secondary N) is 1. The van der Waals surface area contributed by atoms with Gasteiger partial charge in [-0.2, -0.15) is 0 Å². The lowest BCUT2D eigenvalue weighted by atomic mass is 9.70. The Balaban J connectivity index is 1.22. The van der Waals surface area contributed by atoms with Crippen LogP contribution in [0.4, 0.5) is 5.69 Å². The van der Waals surface area contributed by atoms with Crippen LogP contribution in [0.15, 0.2) is 151 Å². The fourth-order valence-corrected chi connectivity index (χ4v) is 8.25. The van der Waals surface area contributed by atoms with Crippen molar-refractivity contribution in [2.45, 2.75) is 38.0 Å². The summed E-state index contributed by atoms with van der Waals surface area (Å²) in [5, 5.41) is 3.81. The Labute approximate surface area is 255 Å². The minimum Gasteiger partial charge on any atom is -0.359 e. The first kappa shape index (κ1) is 25.8. The molecule has 4 aliphatic carbocycles. The van der Waals surface area contributed by atoms with Crippen molar-refractivity contribution >= 4 is 16.8 Å². The van der Waals surface area contributed by atoms with Crippen LogP contribution in [-0.2, 0) is 10.8 Å². The maximum atomic E-state index is 4.15. The molecule has 0 fully saturated rings. The quantitative estimate of drug-likeness (QED) is 0.265. The van der Waals surface area contributed by atoms with E-state index in [1.807, 2.05) is 6.08 Å². The van der Waals surface area contributed by atoms with Crippen molar-refractivity contribution in [3.8, 4) is 11.1 Å². The SMILES string of the molecule is C=CC1=C(/C=C\C)c2ccc(NC3=CC=C4C(=CC3)C3(c5ccccc54)c4ccccc4-c4ccccc43)cc2C1(C)C. The van der Waals surface area contributed by atoms with Gasteiger partial charge in [-0.3, -0.25) is 0 Å². The van der Waals surface area contributed by atoms with E-state index < -0.39 is 0 Å². The van der Waals surface area contributed by atoms with Crippen molar-refractivity contribution in [2.75, 3.05) is 5.32 Å². The normalized spacial score (nSPS) is 18.3. The van der Waals surface area contributed by atoms with Gasteiger partial charge in [-0.25, -0.2) is 0 Å². The van der Waals surface area contributed by atoms with Crippen molar-refractivity contribution in [1.82, 2.24) is 0 Å². The predicted octanol–water partition coefficient (Wildman–Crippen LogP) is 10.5. The van der Waals surface area contributed by atoms with Crippen molar-refractivity contribution in [1.29, 1.82) is 0 Å². The summed E-state index contributed by atoms with van der Waals surface area (Å²) >= 11 is 0. The molecule has 1 heteroatoms. The molecule has 0 amide bonds. The maximum Gasteiger partial charge on any atom is 0.0722 e.